The first-order valence-corrected chi connectivity index (χ1v) is 9.29. The molecule has 1 aliphatic heterocycles. The van der Waals surface area contributed by atoms with Gasteiger partial charge in [-0.05, 0) is 30.7 Å². The van der Waals surface area contributed by atoms with Crippen LogP contribution in [0, 0.1) is 11.3 Å². The van der Waals surface area contributed by atoms with Gasteiger partial charge in [-0.15, -0.1) is 0 Å². The number of carbonyl (C=O) groups is 3. The highest BCUT2D eigenvalue weighted by Crippen LogP contribution is 2.37. The van der Waals surface area contributed by atoms with Crippen LogP contribution in [0.1, 0.15) is 56.4 Å². The van der Waals surface area contributed by atoms with Crippen LogP contribution < -0.4 is 9.47 Å². The van der Waals surface area contributed by atoms with E-state index >= 15 is 0 Å². The molecule has 0 saturated carbocycles. The molecular formula is C21H17ClN2O5. The molecule has 0 fully saturated rings. The summed E-state index contributed by atoms with van der Waals surface area (Å²) >= 11 is 6.11. The maximum absolute atomic E-state index is 12.6. The number of nitriles is 1. The molecule has 2 amide bonds. The number of carbonyl (C=O) groups excluding carboxylic acids is 3. The average Bonchev–Trinajstić information content (AvgIpc) is 2.97. The molecule has 1 aliphatic rings. The molecule has 148 valence electrons. The van der Waals surface area contributed by atoms with Crippen molar-refractivity contribution in [3.05, 3.63) is 57.6 Å². The summed E-state index contributed by atoms with van der Waals surface area (Å²) in [5, 5.41) is 9.04. The fourth-order valence-electron chi connectivity index (χ4n) is 2.97. The number of unbranched alkanes of at least 4 members (excludes halogenated alkanes) is 1. The minimum atomic E-state index is -0.773. The largest absolute Gasteiger partial charge is 0.493 e. The maximum Gasteiger partial charge on any atom is 0.343 e. The molecule has 8 heteroatoms. The van der Waals surface area contributed by atoms with Gasteiger partial charge < -0.3 is 9.47 Å². The topological polar surface area (TPSA) is 96.7 Å². The van der Waals surface area contributed by atoms with E-state index in [1.807, 2.05) is 13.0 Å². The van der Waals surface area contributed by atoms with E-state index in [2.05, 4.69) is 0 Å². The van der Waals surface area contributed by atoms with Crippen LogP contribution in [0.4, 0.5) is 0 Å². The van der Waals surface area contributed by atoms with Gasteiger partial charge in [-0.3, -0.25) is 14.5 Å². The SMILES string of the molecule is CCCCN1C(=O)c2ccc(C(=O)Oc3c(Cl)cc(C#N)cc3OC)cc2C1=O. The number of hydrogen-bond donors (Lipinski definition) is 0. The third-order valence-corrected chi connectivity index (χ3v) is 4.78. The van der Waals surface area contributed by atoms with E-state index in [4.69, 9.17) is 26.3 Å². The highest BCUT2D eigenvalue weighted by atomic mass is 35.5. The number of amides is 2. The summed E-state index contributed by atoms with van der Waals surface area (Å²) in [4.78, 5) is 38.8. The standard InChI is InChI=1S/C21H17ClN2O5/c1-3-4-7-24-19(25)14-6-5-13(10-15(14)20(24)26)21(27)29-18-16(22)8-12(11-23)9-17(18)28-2/h5-6,8-10H,3-4,7H2,1-2H3. The van der Waals surface area contributed by atoms with Crippen molar-refractivity contribution in [1.29, 1.82) is 5.26 Å². The van der Waals surface area contributed by atoms with E-state index in [0.717, 1.165) is 6.42 Å². The Hall–Kier alpha value is -3.37. The molecule has 0 unspecified atom stereocenters. The first kappa shape index (κ1) is 20.4. The molecule has 2 aromatic rings. The Morgan fingerprint density at radius 3 is 2.55 bits per heavy atom. The van der Waals surface area contributed by atoms with Gasteiger partial charge in [0.15, 0.2) is 11.5 Å². The molecule has 3 rings (SSSR count). The summed E-state index contributed by atoms with van der Waals surface area (Å²) in [7, 11) is 1.36. The van der Waals surface area contributed by atoms with Gasteiger partial charge in [-0.1, -0.05) is 24.9 Å². The molecule has 0 bridgehead atoms. The third kappa shape index (κ3) is 3.80. The summed E-state index contributed by atoms with van der Waals surface area (Å²) in [6.07, 6.45) is 1.55. The zero-order valence-corrected chi connectivity index (χ0v) is 16.6. The van der Waals surface area contributed by atoms with Gasteiger partial charge in [-0.2, -0.15) is 5.26 Å². The fraction of sp³-hybridized carbons (Fsp3) is 0.238. The maximum atomic E-state index is 12.6. The first-order valence-electron chi connectivity index (χ1n) is 8.91. The Balaban J connectivity index is 1.89. The normalized spacial score (nSPS) is 12.6. The number of hydrogen-bond acceptors (Lipinski definition) is 6. The van der Waals surface area contributed by atoms with Crippen molar-refractivity contribution in [2.75, 3.05) is 13.7 Å². The lowest BCUT2D eigenvalue weighted by atomic mass is 10.1. The minimum absolute atomic E-state index is 0.0346. The van der Waals surface area contributed by atoms with Gasteiger partial charge >= 0.3 is 5.97 Å². The monoisotopic (exact) mass is 412 g/mol. The van der Waals surface area contributed by atoms with E-state index < -0.39 is 11.9 Å². The molecule has 0 aliphatic carbocycles. The van der Waals surface area contributed by atoms with Crippen LogP contribution in [0.3, 0.4) is 0 Å². The van der Waals surface area contributed by atoms with Gasteiger partial charge in [-0.25, -0.2) is 4.79 Å². The number of halogens is 1. The lowest BCUT2D eigenvalue weighted by molar-refractivity contribution is 0.0651. The van der Waals surface area contributed by atoms with Crippen LogP contribution >= 0.6 is 11.6 Å². The van der Waals surface area contributed by atoms with Crippen LogP contribution in [-0.4, -0.2) is 36.3 Å². The van der Waals surface area contributed by atoms with E-state index in [-0.39, 0.29) is 44.7 Å². The predicted molar refractivity (Wildman–Crippen MR) is 104 cm³/mol. The molecule has 0 saturated heterocycles. The van der Waals surface area contributed by atoms with Crippen LogP contribution in [0.2, 0.25) is 5.02 Å². The Morgan fingerprint density at radius 2 is 1.90 bits per heavy atom. The van der Waals surface area contributed by atoms with Gasteiger partial charge in [0.05, 0.1) is 40.5 Å². The second-order valence-electron chi connectivity index (χ2n) is 6.37. The molecule has 0 aromatic heterocycles. The third-order valence-electron chi connectivity index (χ3n) is 4.49. The number of esters is 1. The van der Waals surface area contributed by atoms with E-state index in [1.165, 1.54) is 42.3 Å². The van der Waals surface area contributed by atoms with Crippen molar-refractivity contribution in [2.45, 2.75) is 19.8 Å². The number of imide groups is 1. The van der Waals surface area contributed by atoms with Crippen molar-refractivity contribution in [1.82, 2.24) is 4.90 Å². The Bertz CT molecular complexity index is 1060. The molecular weight excluding hydrogens is 396 g/mol. The molecule has 1 heterocycles. The van der Waals surface area contributed by atoms with Crippen molar-refractivity contribution in [2.24, 2.45) is 0 Å². The van der Waals surface area contributed by atoms with Crippen molar-refractivity contribution in [3.8, 4) is 17.6 Å². The zero-order chi connectivity index (χ0) is 21.1. The highest BCUT2D eigenvalue weighted by molar-refractivity contribution is 6.32. The van der Waals surface area contributed by atoms with E-state index in [0.29, 0.717) is 13.0 Å². The smallest absolute Gasteiger partial charge is 0.343 e. The number of fused-ring (bicyclic) bond motifs is 1. The van der Waals surface area contributed by atoms with Crippen molar-refractivity contribution in [3.63, 3.8) is 0 Å². The zero-order valence-electron chi connectivity index (χ0n) is 15.8. The molecule has 29 heavy (non-hydrogen) atoms. The average molecular weight is 413 g/mol. The summed E-state index contributed by atoms with van der Waals surface area (Å²) in [5.41, 5.74) is 0.764. The van der Waals surface area contributed by atoms with Gasteiger partial charge in [0.1, 0.15) is 0 Å². The van der Waals surface area contributed by atoms with Crippen molar-refractivity contribution < 1.29 is 23.9 Å². The Kier molecular flexibility index (Phi) is 5.85. The predicted octanol–water partition coefficient (Wildman–Crippen LogP) is 3.84. The summed E-state index contributed by atoms with van der Waals surface area (Å²) < 4.78 is 10.5. The molecule has 0 N–H and O–H groups in total. The second kappa shape index (κ2) is 8.33. The van der Waals surface area contributed by atoms with Crippen LogP contribution in [-0.2, 0) is 0 Å². The van der Waals surface area contributed by atoms with Crippen LogP contribution in [0.25, 0.3) is 0 Å². The molecule has 0 spiro atoms. The second-order valence-corrected chi connectivity index (χ2v) is 6.77. The molecule has 7 nitrogen and oxygen atoms in total. The van der Waals surface area contributed by atoms with E-state index in [1.54, 1.807) is 0 Å². The Morgan fingerprint density at radius 1 is 1.17 bits per heavy atom. The quantitative estimate of drug-likeness (QED) is 0.406. The summed E-state index contributed by atoms with van der Waals surface area (Å²) in [6.45, 7) is 2.30. The minimum Gasteiger partial charge on any atom is -0.493 e. The van der Waals surface area contributed by atoms with Crippen LogP contribution in [0.5, 0.6) is 11.5 Å². The first-order chi connectivity index (χ1) is 13.9. The van der Waals surface area contributed by atoms with Gasteiger partial charge in [0.25, 0.3) is 11.8 Å². The molecule has 0 atom stereocenters. The van der Waals surface area contributed by atoms with Crippen LogP contribution in [0.15, 0.2) is 30.3 Å². The van der Waals surface area contributed by atoms with Gasteiger partial charge in [0.2, 0.25) is 0 Å². The fourth-order valence-corrected chi connectivity index (χ4v) is 3.22. The summed E-state index contributed by atoms with van der Waals surface area (Å²) in [6, 6.07) is 8.87. The lowest BCUT2D eigenvalue weighted by Gasteiger charge is -2.12. The van der Waals surface area contributed by atoms with Gasteiger partial charge in [0, 0.05) is 12.6 Å². The lowest BCUT2D eigenvalue weighted by Crippen LogP contribution is -2.30. The van der Waals surface area contributed by atoms with E-state index in [9.17, 15) is 14.4 Å². The number of methoxy groups -OCH3 is 1. The summed E-state index contributed by atoms with van der Waals surface area (Å²) in [5.74, 6) is -1.48. The Labute approximate surface area is 172 Å². The molecule has 2 aromatic carbocycles. The number of nitrogens with zero attached hydrogens (tertiary/aromatic N) is 2. The highest BCUT2D eigenvalue weighted by Gasteiger charge is 2.35. The molecule has 0 radical (unpaired) electrons. The number of rotatable bonds is 6. The number of benzene rings is 2. The number of ether oxygens (including phenoxy) is 2. The van der Waals surface area contributed by atoms with Crippen molar-refractivity contribution >= 4 is 29.4 Å².